The minimum atomic E-state index is -0.210. The van der Waals surface area contributed by atoms with Crippen LogP contribution in [0, 0.1) is 11.3 Å². The van der Waals surface area contributed by atoms with E-state index in [1.54, 1.807) is 21.8 Å². The highest BCUT2D eigenvalue weighted by Crippen LogP contribution is 2.37. The van der Waals surface area contributed by atoms with E-state index in [1.165, 1.54) is 6.92 Å². The van der Waals surface area contributed by atoms with E-state index in [9.17, 15) is 9.59 Å². The molecular weight excluding hydrogens is 366 g/mol. The average Bonchev–Trinajstić information content (AvgIpc) is 3.21. The van der Waals surface area contributed by atoms with Gasteiger partial charge in [0.2, 0.25) is 5.91 Å². The molecule has 1 aliphatic heterocycles. The van der Waals surface area contributed by atoms with Gasteiger partial charge in [0.15, 0.2) is 0 Å². The maximum atomic E-state index is 12.9. The zero-order chi connectivity index (χ0) is 20.7. The Hall–Kier alpha value is -3.92. The topological polar surface area (TPSA) is 91.0 Å². The first kappa shape index (κ1) is 18.4. The van der Waals surface area contributed by atoms with Gasteiger partial charge in [0.25, 0.3) is 5.91 Å². The van der Waals surface area contributed by atoms with Crippen molar-refractivity contribution in [1.29, 1.82) is 5.26 Å². The third-order valence-corrected chi connectivity index (χ3v) is 5.04. The maximum absolute atomic E-state index is 12.9. The van der Waals surface area contributed by atoms with Crippen molar-refractivity contribution >= 4 is 28.4 Å². The molecule has 0 unspecified atom stereocenters. The van der Waals surface area contributed by atoms with Crippen LogP contribution in [0.2, 0.25) is 0 Å². The number of carbonyl (C=O) groups excluding carboxylic acids is 2. The Bertz CT molecular complexity index is 1230. The molecule has 0 atom stereocenters. The zero-order valence-electron chi connectivity index (χ0n) is 16.2. The van der Waals surface area contributed by atoms with Crippen molar-refractivity contribution in [2.45, 2.75) is 13.5 Å². The van der Waals surface area contributed by atoms with Gasteiger partial charge < -0.3 is 10.2 Å². The summed E-state index contributed by atoms with van der Waals surface area (Å²) < 4.78 is 1.80. The number of hydrogen-bond acceptors (Lipinski definition) is 4. The Morgan fingerprint density at radius 3 is 2.79 bits per heavy atom. The molecule has 144 valence electrons. The standard InChI is InChI=1S/C22H19N5O2/c1-13(9-23)11-27-12-20-18(7-17(25-14(2)28)8-19(20)22(27)29)15-4-5-16-10-24-26(3)21(16)6-15/h4-8,10H,1,11-12H2,2-3H3,(H,25,28). The number of nitrogens with zero attached hydrogens (tertiary/aromatic N) is 4. The molecule has 2 aromatic carbocycles. The first-order valence-electron chi connectivity index (χ1n) is 9.11. The van der Waals surface area contributed by atoms with E-state index in [0.29, 0.717) is 23.4 Å². The first-order chi connectivity index (χ1) is 13.9. The van der Waals surface area contributed by atoms with E-state index >= 15 is 0 Å². The lowest BCUT2D eigenvalue weighted by atomic mass is 9.95. The van der Waals surface area contributed by atoms with Gasteiger partial charge in [0, 0.05) is 42.7 Å². The summed E-state index contributed by atoms with van der Waals surface area (Å²) in [6.45, 7) is 5.68. The summed E-state index contributed by atoms with van der Waals surface area (Å²) in [5.74, 6) is -0.385. The number of amides is 2. The Labute approximate surface area is 167 Å². The lowest BCUT2D eigenvalue weighted by molar-refractivity contribution is -0.114. The van der Waals surface area contributed by atoms with Gasteiger partial charge in [0.1, 0.15) is 0 Å². The molecule has 0 saturated heterocycles. The lowest BCUT2D eigenvalue weighted by Gasteiger charge is -2.14. The van der Waals surface area contributed by atoms with Crippen LogP contribution in [0.5, 0.6) is 0 Å². The van der Waals surface area contributed by atoms with Crippen LogP contribution < -0.4 is 5.32 Å². The van der Waals surface area contributed by atoms with Crippen LogP contribution in [0.15, 0.2) is 48.7 Å². The molecule has 7 heteroatoms. The zero-order valence-corrected chi connectivity index (χ0v) is 16.2. The Morgan fingerprint density at radius 2 is 2.07 bits per heavy atom. The third-order valence-electron chi connectivity index (χ3n) is 5.04. The van der Waals surface area contributed by atoms with Crippen LogP contribution >= 0.6 is 0 Å². The van der Waals surface area contributed by atoms with Crippen molar-refractivity contribution in [1.82, 2.24) is 14.7 Å². The quantitative estimate of drug-likeness (QED) is 0.698. The monoisotopic (exact) mass is 385 g/mol. The van der Waals surface area contributed by atoms with Gasteiger partial charge in [-0.1, -0.05) is 18.7 Å². The minimum Gasteiger partial charge on any atom is -0.329 e. The molecule has 3 aromatic rings. The molecule has 0 radical (unpaired) electrons. The van der Waals surface area contributed by atoms with Crippen molar-refractivity contribution in [3.05, 3.63) is 59.8 Å². The van der Waals surface area contributed by atoms with Crippen LogP contribution in [0.25, 0.3) is 22.0 Å². The fourth-order valence-electron chi connectivity index (χ4n) is 3.70. The van der Waals surface area contributed by atoms with Gasteiger partial charge in [-0.15, -0.1) is 0 Å². The minimum absolute atomic E-state index is 0.175. The lowest BCUT2D eigenvalue weighted by Crippen LogP contribution is -2.25. The highest BCUT2D eigenvalue weighted by Gasteiger charge is 2.31. The van der Waals surface area contributed by atoms with Crippen LogP contribution in [-0.4, -0.2) is 33.0 Å². The number of aryl methyl sites for hydroxylation is 1. The second kappa shape index (κ2) is 6.91. The first-order valence-corrected chi connectivity index (χ1v) is 9.11. The number of hydrogen-bond donors (Lipinski definition) is 1. The second-order valence-electron chi connectivity index (χ2n) is 7.15. The maximum Gasteiger partial charge on any atom is 0.254 e. The number of nitrogens with one attached hydrogen (secondary N) is 1. The van der Waals surface area contributed by atoms with E-state index in [0.717, 1.165) is 27.6 Å². The van der Waals surface area contributed by atoms with Gasteiger partial charge in [-0.05, 0) is 34.9 Å². The average molecular weight is 385 g/mol. The van der Waals surface area contributed by atoms with E-state index < -0.39 is 0 Å². The van der Waals surface area contributed by atoms with Crippen molar-refractivity contribution in [3.8, 4) is 17.2 Å². The van der Waals surface area contributed by atoms with Crippen molar-refractivity contribution in [2.75, 3.05) is 11.9 Å². The molecule has 29 heavy (non-hydrogen) atoms. The molecule has 0 spiro atoms. The summed E-state index contributed by atoms with van der Waals surface area (Å²) in [4.78, 5) is 26.2. The molecule has 7 nitrogen and oxygen atoms in total. The molecule has 0 aliphatic carbocycles. The SMILES string of the molecule is C=C(C#N)CN1Cc2c(cc(NC(C)=O)cc2-c2ccc3cnn(C)c3c2)C1=O. The molecular formula is C22H19N5O2. The number of benzene rings is 2. The molecule has 2 heterocycles. The number of carbonyl (C=O) groups is 2. The van der Waals surface area contributed by atoms with E-state index in [2.05, 4.69) is 17.0 Å². The van der Waals surface area contributed by atoms with Gasteiger partial charge >= 0.3 is 0 Å². The normalized spacial score (nSPS) is 12.7. The van der Waals surface area contributed by atoms with Gasteiger partial charge in [-0.2, -0.15) is 10.4 Å². The highest BCUT2D eigenvalue weighted by atomic mass is 16.2. The van der Waals surface area contributed by atoms with Crippen LogP contribution in [0.1, 0.15) is 22.8 Å². The molecule has 0 saturated carbocycles. The highest BCUT2D eigenvalue weighted by molar-refractivity contribution is 6.03. The largest absolute Gasteiger partial charge is 0.329 e. The smallest absolute Gasteiger partial charge is 0.254 e. The van der Waals surface area contributed by atoms with E-state index in [1.807, 2.05) is 37.4 Å². The number of fused-ring (bicyclic) bond motifs is 2. The molecule has 1 aliphatic rings. The third kappa shape index (κ3) is 3.25. The van der Waals surface area contributed by atoms with Crippen LogP contribution in [0.4, 0.5) is 5.69 Å². The van der Waals surface area contributed by atoms with Gasteiger partial charge in [-0.3, -0.25) is 14.3 Å². The summed E-state index contributed by atoms with van der Waals surface area (Å²) in [5, 5.41) is 17.1. The summed E-state index contributed by atoms with van der Waals surface area (Å²) >= 11 is 0. The summed E-state index contributed by atoms with van der Waals surface area (Å²) in [5.41, 5.74) is 5.06. The number of nitriles is 1. The van der Waals surface area contributed by atoms with Gasteiger partial charge in [-0.25, -0.2) is 0 Å². The number of rotatable bonds is 4. The molecule has 2 amide bonds. The predicted molar refractivity (Wildman–Crippen MR) is 110 cm³/mol. The predicted octanol–water partition coefficient (Wildman–Crippen LogP) is 3.23. The molecule has 0 bridgehead atoms. The second-order valence-corrected chi connectivity index (χ2v) is 7.15. The molecule has 4 rings (SSSR count). The van der Waals surface area contributed by atoms with Crippen molar-refractivity contribution < 1.29 is 9.59 Å². The Kier molecular flexibility index (Phi) is 4.40. The molecule has 0 fully saturated rings. The fraction of sp³-hybridized carbons (Fsp3) is 0.182. The van der Waals surface area contributed by atoms with Crippen molar-refractivity contribution in [2.24, 2.45) is 7.05 Å². The van der Waals surface area contributed by atoms with Gasteiger partial charge in [0.05, 0.1) is 24.3 Å². The summed E-state index contributed by atoms with van der Waals surface area (Å²) in [6, 6.07) is 11.6. The van der Waals surface area contributed by atoms with Crippen molar-refractivity contribution in [3.63, 3.8) is 0 Å². The van der Waals surface area contributed by atoms with Crippen LogP contribution in [-0.2, 0) is 18.4 Å². The summed E-state index contributed by atoms with van der Waals surface area (Å²) in [7, 11) is 1.88. The number of anilines is 1. The Morgan fingerprint density at radius 1 is 1.31 bits per heavy atom. The number of aromatic nitrogens is 2. The summed E-state index contributed by atoms with van der Waals surface area (Å²) in [6.07, 6.45) is 1.80. The van der Waals surface area contributed by atoms with E-state index in [-0.39, 0.29) is 18.4 Å². The Balaban J connectivity index is 1.86. The molecule has 1 N–H and O–H groups in total. The van der Waals surface area contributed by atoms with E-state index in [4.69, 9.17) is 5.26 Å². The van der Waals surface area contributed by atoms with Crippen LogP contribution in [0.3, 0.4) is 0 Å². The fourth-order valence-corrected chi connectivity index (χ4v) is 3.70. The molecule has 1 aromatic heterocycles.